The van der Waals surface area contributed by atoms with Crippen LogP contribution in [0.25, 0.3) is 0 Å². The van der Waals surface area contributed by atoms with Crippen molar-refractivity contribution in [2.24, 2.45) is 0 Å². The highest BCUT2D eigenvalue weighted by Gasteiger charge is 2.16. The van der Waals surface area contributed by atoms with E-state index < -0.39 is 0 Å². The third kappa shape index (κ3) is 2.93. The molecule has 2 aliphatic heterocycles. The lowest BCUT2D eigenvalue weighted by molar-refractivity contribution is 0.460. The Labute approximate surface area is 110 Å². The summed E-state index contributed by atoms with van der Waals surface area (Å²) in [5, 5.41) is 7.01. The minimum absolute atomic E-state index is 0.717. The maximum atomic E-state index is 3.57. The van der Waals surface area contributed by atoms with Crippen molar-refractivity contribution in [3.63, 3.8) is 0 Å². The van der Waals surface area contributed by atoms with Crippen LogP contribution in [-0.4, -0.2) is 25.7 Å². The summed E-state index contributed by atoms with van der Waals surface area (Å²) in [5.41, 5.74) is 3.03. The predicted molar refractivity (Wildman–Crippen MR) is 76.0 cm³/mol. The molecule has 0 aliphatic carbocycles. The van der Waals surface area contributed by atoms with Crippen molar-refractivity contribution >= 4 is 0 Å². The molecule has 0 aromatic heterocycles. The molecule has 2 saturated heterocycles. The van der Waals surface area contributed by atoms with E-state index >= 15 is 0 Å². The van der Waals surface area contributed by atoms with E-state index in [1.807, 2.05) is 0 Å². The molecule has 0 amide bonds. The van der Waals surface area contributed by atoms with Crippen molar-refractivity contribution in [3.05, 3.63) is 35.4 Å². The highest BCUT2D eigenvalue weighted by atomic mass is 14.9. The predicted octanol–water partition coefficient (Wildman–Crippen LogP) is 2.45. The molecular formula is C16H24N2. The molecule has 1 aromatic carbocycles. The van der Waals surface area contributed by atoms with Crippen LogP contribution in [-0.2, 0) is 6.42 Å². The molecule has 0 spiro atoms. The van der Waals surface area contributed by atoms with E-state index in [9.17, 15) is 0 Å². The van der Waals surface area contributed by atoms with Gasteiger partial charge in [0.1, 0.15) is 0 Å². The molecule has 0 saturated carbocycles. The zero-order chi connectivity index (χ0) is 12.2. The Kier molecular flexibility index (Phi) is 3.96. The lowest BCUT2D eigenvalue weighted by Gasteiger charge is -2.23. The topological polar surface area (TPSA) is 24.1 Å². The SMILES string of the molecule is c1cc(C2CCNCC2)ccc1CC1CCCN1. The van der Waals surface area contributed by atoms with Crippen molar-refractivity contribution in [2.45, 2.75) is 44.1 Å². The zero-order valence-electron chi connectivity index (χ0n) is 11.1. The molecular weight excluding hydrogens is 220 g/mol. The number of hydrogen-bond acceptors (Lipinski definition) is 2. The fourth-order valence-corrected chi connectivity index (χ4v) is 3.30. The van der Waals surface area contributed by atoms with Crippen LogP contribution in [0.2, 0.25) is 0 Å². The van der Waals surface area contributed by atoms with Gasteiger partial charge in [-0.1, -0.05) is 24.3 Å². The first-order valence-electron chi connectivity index (χ1n) is 7.45. The molecule has 2 fully saturated rings. The second-order valence-corrected chi connectivity index (χ2v) is 5.76. The maximum absolute atomic E-state index is 3.57. The number of piperidine rings is 1. The monoisotopic (exact) mass is 244 g/mol. The Morgan fingerprint density at radius 3 is 2.39 bits per heavy atom. The lowest BCUT2D eigenvalue weighted by Crippen LogP contribution is -2.26. The van der Waals surface area contributed by atoms with Crippen molar-refractivity contribution < 1.29 is 0 Å². The third-order valence-corrected chi connectivity index (χ3v) is 4.43. The van der Waals surface area contributed by atoms with Crippen LogP contribution < -0.4 is 10.6 Å². The Hall–Kier alpha value is -0.860. The van der Waals surface area contributed by atoms with Gasteiger partial charge in [0.15, 0.2) is 0 Å². The van der Waals surface area contributed by atoms with Gasteiger partial charge in [-0.25, -0.2) is 0 Å². The van der Waals surface area contributed by atoms with Gasteiger partial charge in [-0.3, -0.25) is 0 Å². The van der Waals surface area contributed by atoms with Gasteiger partial charge in [0.05, 0.1) is 0 Å². The van der Waals surface area contributed by atoms with Gasteiger partial charge in [0, 0.05) is 6.04 Å². The summed E-state index contributed by atoms with van der Waals surface area (Å²) in [4.78, 5) is 0. The molecule has 1 aromatic rings. The van der Waals surface area contributed by atoms with Gasteiger partial charge in [-0.2, -0.15) is 0 Å². The van der Waals surface area contributed by atoms with Crippen LogP contribution in [0.15, 0.2) is 24.3 Å². The molecule has 2 heteroatoms. The molecule has 98 valence electrons. The first-order valence-corrected chi connectivity index (χ1v) is 7.45. The van der Waals surface area contributed by atoms with E-state index in [4.69, 9.17) is 0 Å². The highest BCUT2D eigenvalue weighted by molar-refractivity contribution is 5.26. The number of rotatable bonds is 3. The molecule has 18 heavy (non-hydrogen) atoms. The minimum Gasteiger partial charge on any atom is -0.317 e. The third-order valence-electron chi connectivity index (χ3n) is 4.43. The van der Waals surface area contributed by atoms with Gasteiger partial charge < -0.3 is 10.6 Å². The molecule has 3 rings (SSSR count). The molecule has 0 bridgehead atoms. The molecule has 1 atom stereocenters. The van der Waals surface area contributed by atoms with E-state index in [-0.39, 0.29) is 0 Å². The highest BCUT2D eigenvalue weighted by Crippen LogP contribution is 2.25. The van der Waals surface area contributed by atoms with Crippen molar-refractivity contribution in [2.75, 3.05) is 19.6 Å². The normalized spacial score (nSPS) is 25.4. The average Bonchev–Trinajstić information content (AvgIpc) is 2.94. The van der Waals surface area contributed by atoms with Crippen LogP contribution >= 0.6 is 0 Å². The molecule has 2 heterocycles. The van der Waals surface area contributed by atoms with Gasteiger partial charge in [-0.05, 0) is 68.8 Å². The number of nitrogens with one attached hydrogen (secondary N) is 2. The summed E-state index contributed by atoms with van der Waals surface area (Å²) in [7, 11) is 0. The van der Waals surface area contributed by atoms with E-state index in [0.29, 0.717) is 0 Å². The first kappa shape index (κ1) is 12.2. The van der Waals surface area contributed by atoms with Crippen LogP contribution in [0.4, 0.5) is 0 Å². The van der Waals surface area contributed by atoms with Crippen LogP contribution in [0.1, 0.15) is 42.7 Å². The molecule has 2 aliphatic rings. The van der Waals surface area contributed by atoms with Crippen molar-refractivity contribution in [1.29, 1.82) is 0 Å². The molecule has 1 unspecified atom stereocenters. The standard InChI is InChI=1S/C16H24N2/c1-2-16(18-9-1)12-13-3-5-14(6-4-13)15-7-10-17-11-8-15/h3-6,15-18H,1-2,7-12H2. The van der Waals surface area contributed by atoms with E-state index in [2.05, 4.69) is 34.9 Å². The van der Waals surface area contributed by atoms with Gasteiger partial charge in [0.2, 0.25) is 0 Å². The van der Waals surface area contributed by atoms with Gasteiger partial charge in [0.25, 0.3) is 0 Å². The fourth-order valence-electron chi connectivity index (χ4n) is 3.30. The average molecular weight is 244 g/mol. The minimum atomic E-state index is 0.717. The van der Waals surface area contributed by atoms with E-state index in [1.54, 1.807) is 5.56 Å². The van der Waals surface area contributed by atoms with Gasteiger partial charge >= 0.3 is 0 Å². The Bertz CT molecular complexity index is 359. The maximum Gasteiger partial charge on any atom is 0.0108 e. The second kappa shape index (κ2) is 5.85. The quantitative estimate of drug-likeness (QED) is 0.853. The number of benzene rings is 1. The summed E-state index contributed by atoms with van der Waals surface area (Å²) in [6, 6.07) is 10.1. The summed E-state index contributed by atoms with van der Waals surface area (Å²) in [6.45, 7) is 3.56. The summed E-state index contributed by atoms with van der Waals surface area (Å²) < 4.78 is 0. The van der Waals surface area contributed by atoms with E-state index in [1.165, 1.54) is 57.3 Å². The summed E-state index contributed by atoms with van der Waals surface area (Å²) in [5.74, 6) is 0.782. The van der Waals surface area contributed by atoms with Crippen molar-refractivity contribution in [1.82, 2.24) is 10.6 Å². The van der Waals surface area contributed by atoms with Crippen LogP contribution in [0, 0.1) is 0 Å². The van der Waals surface area contributed by atoms with Crippen molar-refractivity contribution in [3.8, 4) is 0 Å². The Morgan fingerprint density at radius 1 is 0.944 bits per heavy atom. The first-order chi connectivity index (χ1) is 8.92. The summed E-state index contributed by atoms with van der Waals surface area (Å²) in [6.07, 6.45) is 6.48. The second-order valence-electron chi connectivity index (χ2n) is 5.76. The van der Waals surface area contributed by atoms with Crippen LogP contribution in [0.3, 0.4) is 0 Å². The van der Waals surface area contributed by atoms with E-state index in [0.717, 1.165) is 12.0 Å². The van der Waals surface area contributed by atoms with Gasteiger partial charge in [-0.15, -0.1) is 0 Å². The Morgan fingerprint density at radius 2 is 1.72 bits per heavy atom. The lowest BCUT2D eigenvalue weighted by atomic mass is 9.89. The molecule has 0 radical (unpaired) electrons. The molecule has 2 N–H and O–H groups in total. The molecule has 2 nitrogen and oxygen atoms in total. The smallest absolute Gasteiger partial charge is 0.0108 e. The summed E-state index contributed by atoms with van der Waals surface area (Å²) >= 11 is 0. The fraction of sp³-hybridized carbons (Fsp3) is 0.625. The largest absolute Gasteiger partial charge is 0.317 e. The van der Waals surface area contributed by atoms with Crippen LogP contribution in [0.5, 0.6) is 0 Å². The zero-order valence-corrected chi connectivity index (χ0v) is 11.1. The Balaban J connectivity index is 1.60. The number of hydrogen-bond donors (Lipinski definition) is 2.